The highest BCUT2D eigenvalue weighted by molar-refractivity contribution is 5.77. The molecular formula is C15H22N2O2. The van der Waals surface area contributed by atoms with Gasteiger partial charge in [-0.15, -0.1) is 0 Å². The standard InChI is InChI=1S/C15H22N2O2/c1-2-14-13-9-16-8-11(13)10-17(14)15(18)6-5-12-4-3-7-19-12/h3-4,7,11,13-14,16H,2,5-6,8-10H2,1H3. The minimum Gasteiger partial charge on any atom is -0.469 e. The average molecular weight is 262 g/mol. The second-order valence-corrected chi connectivity index (χ2v) is 5.68. The van der Waals surface area contributed by atoms with Gasteiger partial charge >= 0.3 is 0 Å². The Kier molecular flexibility index (Phi) is 3.60. The van der Waals surface area contributed by atoms with Gasteiger partial charge in [0.15, 0.2) is 0 Å². The van der Waals surface area contributed by atoms with Crippen LogP contribution in [0.15, 0.2) is 22.8 Å². The number of hydrogen-bond acceptors (Lipinski definition) is 3. The molecule has 3 heterocycles. The zero-order chi connectivity index (χ0) is 13.2. The molecule has 1 aromatic rings. The molecule has 2 fully saturated rings. The predicted molar refractivity (Wildman–Crippen MR) is 72.7 cm³/mol. The van der Waals surface area contributed by atoms with Crippen molar-refractivity contribution < 1.29 is 9.21 Å². The van der Waals surface area contributed by atoms with E-state index in [-0.39, 0.29) is 5.91 Å². The highest BCUT2D eigenvalue weighted by Gasteiger charge is 2.44. The van der Waals surface area contributed by atoms with Crippen LogP contribution in [0.4, 0.5) is 0 Å². The Morgan fingerprint density at radius 2 is 2.42 bits per heavy atom. The van der Waals surface area contributed by atoms with Gasteiger partial charge in [0.2, 0.25) is 5.91 Å². The number of likely N-dealkylation sites (tertiary alicyclic amines) is 1. The topological polar surface area (TPSA) is 45.5 Å². The third-order valence-corrected chi connectivity index (χ3v) is 4.62. The Balaban J connectivity index is 1.60. The zero-order valence-corrected chi connectivity index (χ0v) is 11.5. The second kappa shape index (κ2) is 5.37. The molecule has 3 unspecified atom stereocenters. The third kappa shape index (κ3) is 2.41. The van der Waals surface area contributed by atoms with E-state index < -0.39 is 0 Å². The molecule has 0 aliphatic carbocycles. The van der Waals surface area contributed by atoms with Crippen LogP contribution in [0.5, 0.6) is 0 Å². The van der Waals surface area contributed by atoms with Crippen molar-refractivity contribution in [2.24, 2.45) is 11.8 Å². The van der Waals surface area contributed by atoms with Crippen molar-refractivity contribution in [2.45, 2.75) is 32.2 Å². The first kappa shape index (κ1) is 12.7. The van der Waals surface area contributed by atoms with E-state index in [1.54, 1.807) is 6.26 Å². The van der Waals surface area contributed by atoms with Crippen LogP contribution in [-0.4, -0.2) is 36.5 Å². The van der Waals surface area contributed by atoms with E-state index in [9.17, 15) is 4.79 Å². The van der Waals surface area contributed by atoms with Gasteiger partial charge in [-0.3, -0.25) is 4.79 Å². The number of nitrogens with one attached hydrogen (secondary N) is 1. The number of aryl methyl sites for hydroxylation is 1. The van der Waals surface area contributed by atoms with E-state index in [0.717, 1.165) is 31.8 Å². The van der Waals surface area contributed by atoms with Crippen molar-refractivity contribution in [2.75, 3.05) is 19.6 Å². The average Bonchev–Trinajstić information content (AvgIpc) is 3.11. The summed E-state index contributed by atoms with van der Waals surface area (Å²) in [6.45, 7) is 5.28. The van der Waals surface area contributed by atoms with Gasteiger partial charge in [-0.25, -0.2) is 0 Å². The molecule has 1 N–H and O–H groups in total. The van der Waals surface area contributed by atoms with Gasteiger partial charge in [0.05, 0.1) is 6.26 Å². The van der Waals surface area contributed by atoms with Crippen LogP contribution in [0.3, 0.4) is 0 Å². The number of carbonyl (C=O) groups excluding carboxylic acids is 1. The lowest BCUT2D eigenvalue weighted by Gasteiger charge is -2.27. The fourth-order valence-electron chi connectivity index (χ4n) is 3.66. The molecule has 0 radical (unpaired) electrons. The van der Waals surface area contributed by atoms with Crippen molar-refractivity contribution in [3.8, 4) is 0 Å². The number of carbonyl (C=O) groups is 1. The molecule has 4 nitrogen and oxygen atoms in total. The molecule has 3 atom stereocenters. The molecule has 1 aromatic heterocycles. The summed E-state index contributed by atoms with van der Waals surface area (Å²) < 4.78 is 5.29. The second-order valence-electron chi connectivity index (χ2n) is 5.68. The van der Waals surface area contributed by atoms with Crippen LogP contribution in [0.1, 0.15) is 25.5 Å². The molecule has 1 amide bonds. The van der Waals surface area contributed by atoms with Gasteiger partial charge in [-0.05, 0) is 30.4 Å². The van der Waals surface area contributed by atoms with Gasteiger partial charge < -0.3 is 14.6 Å². The molecule has 0 spiro atoms. The summed E-state index contributed by atoms with van der Waals surface area (Å²) in [5, 5.41) is 3.45. The summed E-state index contributed by atoms with van der Waals surface area (Å²) in [6.07, 6.45) is 4.01. The van der Waals surface area contributed by atoms with Crippen molar-refractivity contribution in [3.63, 3.8) is 0 Å². The molecule has 2 saturated heterocycles. The van der Waals surface area contributed by atoms with E-state index in [1.807, 2.05) is 12.1 Å². The Morgan fingerprint density at radius 1 is 1.53 bits per heavy atom. The fraction of sp³-hybridized carbons (Fsp3) is 0.667. The molecule has 0 aromatic carbocycles. The molecule has 2 aliphatic heterocycles. The molecule has 104 valence electrons. The van der Waals surface area contributed by atoms with Gasteiger partial charge in [-0.2, -0.15) is 0 Å². The molecule has 0 bridgehead atoms. The Labute approximate surface area is 114 Å². The first-order valence-corrected chi connectivity index (χ1v) is 7.32. The zero-order valence-electron chi connectivity index (χ0n) is 11.5. The fourth-order valence-corrected chi connectivity index (χ4v) is 3.66. The highest BCUT2D eigenvalue weighted by atomic mass is 16.3. The SMILES string of the molecule is CCC1C2CNCC2CN1C(=O)CCc1ccco1. The van der Waals surface area contributed by atoms with Crippen LogP contribution in [0.25, 0.3) is 0 Å². The molecule has 0 saturated carbocycles. The van der Waals surface area contributed by atoms with E-state index in [2.05, 4.69) is 17.1 Å². The van der Waals surface area contributed by atoms with Crippen molar-refractivity contribution >= 4 is 5.91 Å². The summed E-state index contributed by atoms with van der Waals surface area (Å²) in [4.78, 5) is 14.5. The van der Waals surface area contributed by atoms with Gasteiger partial charge in [0.1, 0.15) is 5.76 Å². The van der Waals surface area contributed by atoms with Crippen molar-refractivity contribution in [1.29, 1.82) is 0 Å². The maximum Gasteiger partial charge on any atom is 0.223 e. The van der Waals surface area contributed by atoms with E-state index in [1.165, 1.54) is 0 Å². The molecule has 4 heteroatoms. The first-order valence-electron chi connectivity index (χ1n) is 7.32. The molecular weight excluding hydrogens is 240 g/mol. The van der Waals surface area contributed by atoms with Gasteiger partial charge in [0, 0.05) is 38.5 Å². The van der Waals surface area contributed by atoms with E-state index in [0.29, 0.717) is 30.7 Å². The number of amides is 1. The van der Waals surface area contributed by atoms with Crippen LogP contribution in [0.2, 0.25) is 0 Å². The molecule has 19 heavy (non-hydrogen) atoms. The maximum atomic E-state index is 12.4. The largest absolute Gasteiger partial charge is 0.469 e. The predicted octanol–water partition coefficient (Wildman–Crippen LogP) is 1.67. The number of nitrogens with zero attached hydrogens (tertiary/aromatic N) is 1. The Morgan fingerprint density at radius 3 is 3.16 bits per heavy atom. The lowest BCUT2D eigenvalue weighted by atomic mass is 9.93. The number of fused-ring (bicyclic) bond motifs is 1. The summed E-state index contributed by atoms with van der Waals surface area (Å²) in [6, 6.07) is 4.25. The molecule has 3 rings (SSSR count). The van der Waals surface area contributed by atoms with Gasteiger partial charge in [0.25, 0.3) is 0 Å². The lowest BCUT2D eigenvalue weighted by Crippen LogP contribution is -2.39. The van der Waals surface area contributed by atoms with E-state index in [4.69, 9.17) is 4.42 Å². The smallest absolute Gasteiger partial charge is 0.223 e. The van der Waals surface area contributed by atoms with Crippen LogP contribution >= 0.6 is 0 Å². The Hall–Kier alpha value is -1.29. The highest BCUT2D eigenvalue weighted by Crippen LogP contribution is 2.34. The summed E-state index contributed by atoms with van der Waals surface area (Å²) in [5.41, 5.74) is 0. The van der Waals surface area contributed by atoms with Crippen LogP contribution in [-0.2, 0) is 11.2 Å². The Bertz CT molecular complexity index is 429. The monoisotopic (exact) mass is 262 g/mol. The molecule has 2 aliphatic rings. The first-order chi connectivity index (χ1) is 9.29. The lowest BCUT2D eigenvalue weighted by molar-refractivity contribution is -0.132. The summed E-state index contributed by atoms with van der Waals surface area (Å²) >= 11 is 0. The van der Waals surface area contributed by atoms with Crippen molar-refractivity contribution in [3.05, 3.63) is 24.2 Å². The van der Waals surface area contributed by atoms with Crippen molar-refractivity contribution in [1.82, 2.24) is 10.2 Å². The van der Waals surface area contributed by atoms with Gasteiger partial charge in [-0.1, -0.05) is 6.92 Å². The minimum absolute atomic E-state index is 0.289. The number of rotatable bonds is 4. The normalized spacial score (nSPS) is 29.7. The van der Waals surface area contributed by atoms with E-state index >= 15 is 0 Å². The number of furan rings is 1. The minimum atomic E-state index is 0.289. The summed E-state index contributed by atoms with van der Waals surface area (Å²) in [5.74, 6) is 2.52. The number of hydrogen-bond donors (Lipinski definition) is 1. The quantitative estimate of drug-likeness (QED) is 0.897. The maximum absolute atomic E-state index is 12.4. The van der Waals surface area contributed by atoms with Crippen LogP contribution < -0.4 is 5.32 Å². The summed E-state index contributed by atoms with van der Waals surface area (Å²) in [7, 11) is 0. The third-order valence-electron chi connectivity index (χ3n) is 4.62. The van der Waals surface area contributed by atoms with Crippen LogP contribution in [0, 0.1) is 11.8 Å².